The Balaban J connectivity index is 1.64. The molecule has 3 nitrogen and oxygen atoms in total. The molecule has 0 radical (unpaired) electrons. The summed E-state index contributed by atoms with van der Waals surface area (Å²) < 4.78 is 0. The quantitative estimate of drug-likeness (QED) is 0.803. The fourth-order valence-electron chi connectivity index (χ4n) is 2.91. The molecule has 0 aromatic carbocycles. The van der Waals surface area contributed by atoms with Crippen LogP contribution in [0.5, 0.6) is 0 Å². The minimum Gasteiger partial charge on any atom is -0.267 e. The highest BCUT2D eigenvalue weighted by Crippen LogP contribution is 2.42. The molecule has 2 aliphatic rings. The van der Waals surface area contributed by atoms with Crippen LogP contribution >= 0.6 is 11.3 Å². The first kappa shape index (κ1) is 11.0. The van der Waals surface area contributed by atoms with Crippen LogP contribution in [-0.2, 0) is 0 Å². The highest BCUT2D eigenvalue weighted by molar-refractivity contribution is 7.10. The number of carbonyl (C=O) groups excluding carboxylic acids is 1. The third-order valence-electron chi connectivity index (χ3n) is 3.80. The number of hydrogen-bond acceptors (Lipinski definition) is 3. The number of nitrogens with one attached hydrogen (secondary N) is 1. The SMILES string of the molecule is Cc1cc(C(=O)N/N=C2/C[C@H]3CC[C@@H]2C3)cs1. The van der Waals surface area contributed by atoms with Crippen molar-refractivity contribution in [3.05, 3.63) is 21.9 Å². The Kier molecular flexibility index (Phi) is 2.74. The summed E-state index contributed by atoms with van der Waals surface area (Å²) in [6, 6.07) is 1.90. The van der Waals surface area contributed by atoms with Crippen LogP contribution in [0.25, 0.3) is 0 Å². The van der Waals surface area contributed by atoms with E-state index < -0.39 is 0 Å². The second kappa shape index (κ2) is 4.26. The van der Waals surface area contributed by atoms with Crippen molar-refractivity contribution in [1.82, 2.24) is 5.43 Å². The molecule has 2 fully saturated rings. The molecule has 1 aromatic heterocycles. The van der Waals surface area contributed by atoms with Gasteiger partial charge in [0.15, 0.2) is 0 Å². The van der Waals surface area contributed by atoms with Crippen LogP contribution in [0.1, 0.15) is 40.9 Å². The zero-order valence-electron chi connectivity index (χ0n) is 9.90. The molecule has 1 heterocycles. The van der Waals surface area contributed by atoms with Gasteiger partial charge in [0.2, 0.25) is 0 Å². The lowest BCUT2D eigenvalue weighted by molar-refractivity contribution is 0.0955. The molecule has 2 atom stereocenters. The Morgan fingerprint density at radius 1 is 1.53 bits per heavy atom. The largest absolute Gasteiger partial charge is 0.272 e. The van der Waals surface area contributed by atoms with Gasteiger partial charge in [-0.15, -0.1) is 11.3 Å². The molecule has 0 unspecified atom stereocenters. The van der Waals surface area contributed by atoms with Crippen molar-refractivity contribution in [2.75, 3.05) is 0 Å². The van der Waals surface area contributed by atoms with E-state index in [0.717, 1.165) is 22.8 Å². The van der Waals surface area contributed by atoms with Gasteiger partial charge in [0, 0.05) is 16.0 Å². The minimum atomic E-state index is -0.0791. The molecule has 0 aliphatic heterocycles. The third kappa shape index (κ3) is 2.14. The molecule has 0 spiro atoms. The predicted molar refractivity (Wildman–Crippen MR) is 69.4 cm³/mol. The van der Waals surface area contributed by atoms with Crippen molar-refractivity contribution >= 4 is 23.0 Å². The van der Waals surface area contributed by atoms with Crippen molar-refractivity contribution < 1.29 is 4.79 Å². The van der Waals surface area contributed by atoms with Crippen LogP contribution < -0.4 is 5.43 Å². The molecule has 17 heavy (non-hydrogen) atoms. The summed E-state index contributed by atoms with van der Waals surface area (Å²) in [5, 5.41) is 6.19. The number of rotatable bonds is 2. The molecule has 1 amide bonds. The van der Waals surface area contributed by atoms with E-state index >= 15 is 0 Å². The second-order valence-electron chi connectivity index (χ2n) is 5.07. The summed E-state index contributed by atoms with van der Waals surface area (Å²) in [6.07, 6.45) is 4.98. The van der Waals surface area contributed by atoms with Gasteiger partial charge in [-0.1, -0.05) is 0 Å². The van der Waals surface area contributed by atoms with E-state index in [1.54, 1.807) is 11.3 Å². The van der Waals surface area contributed by atoms with E-state index in [0.29, 0.717) is 5.92 Å². The van der Waals surface area contributed by atoms with E-state index in [4.69, 9.17) is 0 Å². The number of nitrogens with zero attached hydrogens (tertiary/aromatic N) is 1. The Morgan fingerprint density at radius 3 is 3.00 bits per heavy atom. The van der Waals surface area contributed by atoms with Crippen LogP contribution in [0.4, 0.5) is 0 Å². The fraction of sp³-hybridized carbons (Fsp3) is 0.538. The zero-order valence-corrected chi connectivity index (χ0v) is 10.7. The molecular formula is C13H16N2OS. The van der Waals surface area contributed by atoms with Crippen molar-refractivity contribution in [2.24, 2.45) is 16.9 Å². The summed E-state index contributed by atoms with van der Waals surface area (Å²) in [5.74, 6) is 1.40. The molecule has 1 aromatic rings. The van der Waals surface area contributed by atoms with E-state index in [1.807, 2.05) is 18.4 Å². The van der Waals surface area contributed by atoms with Gasteiger partial charge in [0.25, 0.3) is 5.91 Å². The van der Waals surface area contributed by atoms with E-state index in [1.165, 1.54) is 25.0 Å². The second-order valence-corrected chi connectivity index (χ2v) is 6.19. The Labute approximate surface area is 105 Å². The molecule has 2 saturated carbocycles. The van der Waals surface area contributed by atoms with Gasteiger partial charge in [-0.25, -0.2) is 5.43 Å². The van der Waals surface area contributed by atoms with Crippen LogP contribution in [0.3, 0.4) is 0 Å². The molecule has 2 aliphatic carbocycles. The maximum atomic E-state index is 11.8. The van der Waals surface area contributed by atoms with Crippen molar-refractivity contribution in [1.29, 1.82) is 0 Å². The highest BCUT2D eigenvalue weighted by atomic mass is 32.1. The average molecular weight is 248 g/mol. The number of aryl methyl sites for hydroxylation is 1. The first-order chi connectivity index (χ1) is 8.22. The Bertz CT molecular complexity index is 478. The first-order valence-corrected chi connectivity index (χ1v) is 7.02. The summed E-state index contributed by atoms with van der Waals surface area (Å²) >= 11 is 1.59. The third-order valence-corrected chi connectivity index (χ3v) is 4.67. The standard InChI is InChI=1S/C13H16N2OS/c1-8-4-11(7-17-8)13(16)15-14-12-6-9-2-3-10(12)5-9/h4,7,9-10H,2-3,5-6H2,1H3,(H,15,16)/b14-12-/t9-,10+/m0/s1. The number of thiophene rings is 1. The van der Waals surface area contributed by atoms with E-state index in [-0.39, 0.29) is 5.91 Å². The minimum absolute atomic E-state index is 0.0791. The van der Waals surface area contributed by atoms with Gasteiger partial charge in [-0.05, 0) is 50.5 Å². The molecule has 2 bridgehead atoms. The fourth-order valence-corrected chi connectivity index (χ4v) is 3.59. The molecule has 4 heteroatoms. The lowest BCUT2D eigenvalue weighted by Crippen LogP contribution is -2.21. The van der Waals surface area contributed by atoms with Gasteiger partial charge in [-0.3, -0.25) is 4.79 Å². The van der Waals surface area contributed by atoms with Gasteiger partial charge >= 0.3 is 0 Å². The number of carbonyl (C=O) groups is 1. The van der Waals surface area contributed by atoms with Crippen LogP contribution in [0.15, 0.2) is 16.5 Å². The highest BCUT2D eigenvalue weighted by Gasteiger charge is 2.36. The molecule has 90 valence electrons. The normalized spacial score (nSPS) is 28.9. The summed E-state index contributed by atoms with van der Waals surface area (Å²) in [4.78, 5) is 13.0. The van der Waals surface area contributed by atoms with Gasteiger partial charge < -0.3 is 0 Å². The topological polar surface area (TPSA) is 41.5 Å². The Hall–Kier alpha value is -1.16. The number of fused-ring (bicyclic) bond motifs is 2. The van der Waals surface area contributed by atoms with Gasteiger partial charge in [0.1, 0.15) is 0 Å². The zero-order chi connectivity index (χ0) is 11.8. The predicted octanol–water partition coefficient (Wildman–Crippen LogP) is 2.96. The summed E-state index contributed by atoms with van der Waals surface area (Å²) in [5.41, 5.74) is 4.63. The number of hydrazone groups is 1. The first-order valence-electron chi connectivity index (χ1n) is 6.14. The Morgan fingerprint density at radius 2 is 2.41 bits per heavy atom. The number of amides is 1. The lowest BCUT2D eigenvalue weighted by atomic mass is 9.99. The maximum Gasteiger partial charge on any atom is 0.272 e. The molecule has 3 rings (SSSR count). The van der Waals surface area contributed by atoms with Crippen molar-refractivity contribution in [3.63, 3.8) is 0 Å². The number of hydrogen-bond donors (Lipinski definition) is 1. The van der Waals surface area contributed by atoms with Crippen molar-refractivity contribution in [3.8, 4) is 0 Å². The van der Waals surface area contributed by atoms with Crippen LogP contribution in [-0.4, -0.2) is 11.6 Å². The monoisotopic (exact) mass is 248 g/mol. The molecular weight excluding hydrogens is 232 g/mol. The lowest BCUT2D eigenvalue weighted by Gasteiger charge is -2.11. The van der Waals surface area contributed by atoms with E-state index in [2.05, 4.69) is 10.5 Å². The summed E-state index contributed by atoms with van der Waals surface area (Å²) in [7, 11) is 0. The van der Waals surface area contributed by atoms with E-state index in [9.17, 15) is 4.79 Å². The van der Waals surface area contributed by atoms with Gasteiger partial charge in [0.05, 0.1) is 5.56 Å². The summed E-state index contributed by atoms with van der Waals surface area (Å²) in [6.45, 7) is 2.00. The van der Waals surface area contributed by atoms with Gasteiger partial charge in [-0.2, -0.15) is 5.10 Å². The molecule has 1 N–H and O–H groups in total. The molecule has 0 saturated heterocycles. The smallest absolute Gasteiger partial charge is 0.267 e. The van der Waals surface area contributed by atoms with Crippen LogP contribution in [0, 0.1) is 18.8 Å². The van der Waals surface area contributed by atoms with Crippen molar-refractivity contribution in [2.45, 2.75) is 32.6 Å². The van der Waals surface area contributed by atoms with Crippen LogP contribution in [0.2, 0.25) is 0 Å². The maximum absolute atomic E-state index is 11.8. The average Bonchev–Trinajstić information content (AvgIpc) is 3.01.